The summed E-state index contributed by atoms with van der Waals surface area (Å²) in [5, 5.41) is 10.4. The van der Waals surface area contributed by atoms with Crippen molar-refractivity contribution in [1.29, 1.82) is 0 Å². The van der Waals surface area contributed by atoms with Crippen molar-refractivity contribution in [3.05, 3.63) is 35.4 Å². The number of hydrogen-bond donors (Lipinski definition) is 1. The SMILES string of the molecule is CN1CCCN(C)C(C(O)c2ccc(F)cc2F)C1. The molecule has 3 nitrogen and oxygen atoms in total. The summed E-state index contributed by atoms with van der Waals surface area (Å²) in [6, 6.07) is 3.14. The molecule has 0 amide bonds. The molecule has 1 aromatic rings. The van der Waals surface area contributed by atoms with E-state index in [4.69, 9.17) is 0 Å². The molecule has 0 spiro atoms. The lowest BCUT2D eigenvalue weighted by atomic mass is 10.0. The van der Waals surface area contributed by atoms with E-state index in [0.29, 0.717) is 6.54 Å². The van der Waals surface area contributed by atoms with Crippen molar-refractivity contribution in [2.45, 2.75) is 18.6 Å². The van der Waals surface area contributed by atoms with Crippen LogP contribution in [0.25, 0.3) is 0 Å². The summed E-state index contributed by atoms with van der Waals surface area (Å²) < 4.78 is 26.7. The van der Waals surface area contributed by atoms with Gasteiger partial charge in [0, 0.05) is 18.2 Å². The van der Waals surface area contributed by atoms with Gasteiger partial charge in [0.25, 0.3) is 0 Å². The quantitative estimate of drug-likeness (QED) is 0.885. The van der Waals surface area contributed by atoms with E-state index in [-0.39, 0.29) is 11.6 Å². The first-order chi connectivity index (χ1) is 8.99. The van der Waals surface area contributed by atoms with Crippen LogP contribution in [0.15, 0.2) is 18.2 Å². The van der Waals surface area contributed by atoms with Crippen molar-refractivity contribution in [2.75, 3.05) is 33.7 Å². The lowest BCUT2D eigenvalue weighted by Crippen LogP contribution is -2.42. The zero-order valence-corrected chi connectivity index (χ0v) is 11.3. The molecule has 2 rings (SSSR count). The average Bonchev–Trinajstić information content (AvgIpc) is 2.50. The molecule has 0 bridgehead atoms. The summed E-state index contributed by atoms with van der Waals surface area (Å²) in [6.45, 7) is 2.48. The molecule has 2 unspecified atom stereocenters. The van der Waals surface area contributed by atoms with Crippen LogP contribution in [0.4, 0.5) is 8.78 Å². The maximum atomic E-state index is 13.7. The minimum atomic E-state index is -0.953. The minimum absolute atomic E-state index is 0.161. The van der Waals surface area contributed by atoms with Gasteiger partial charge in [-0.2, -0.15) is 0 Å². The van der Waals surface area contributed by atoms with Crippen molar-refractivity contribution < 1.29 is 13.9 Å². The smallest absolute Gasteiger partial charge is 0.131 e. The van der Waals surface area contributed by atoms with Crippen LogP contribution in [0.1, 0.15) is 18.1 Å². The Bertz CT molecular complexity index is 441. The van der Waals surface area contributed by atoms with E-state index in [1.165, 1.54) is 12.1 Å². The van der Waals surface area contributed by atoms with Crippen LogP contribution in [0.2, 0.25) is 0 Å². The third-order valence-electron chi connectivity index (χ3n) is 3.76. The Hall–Kier alpha value is -1.04. The van der Waals surface area contributed by atoms with E-state index >= 15 is 0 Å². The minimum Gasteiger partial charge on any atom is -0.387 e. The molecule has 0 aliphatic carbocycles. The molecule has 1 aliphatic rings. The van der Waals surface area contributed by atoms with Gasteiger partial charge < -0.3 is 10.0 Å². The van der Waals surface area contributed by atoms with Gasteiger partial charge in [-0.05, 0) is 39.7 Å². The van der Waals surface area contributed by atoms with Gasteiger partial charge in [-0.1, -0.05) is 6.07 Å². The normalized spacial score (nSPS) is 24.2. The summed E-state index contributed by atoms with van der Waals surface area (Å²) in [5.41, 5.74) is 0.161. The van der Waals surface area contributed by atoms with Gasteiger partial charge in [0.1, 0.15) is 11.6 Å². The molecule has 1 aromatic carbocycles. The van der Waals surface area contributed by atoms with Gasteiger partial charge in [0.15, 0.2) is 0 Å². The van der Waals surface area contributed by atoms with E-state index in [9.17, 15) is 13.9 Å². The highest BCUT2D eigenvalue weighted by Gasteiger charge is 2.29. The van der Waals surface area contributed by atoms with E-state index in [2.05, 4.69) is 4.90 Å². The summed E-state index contributed by atoms with van der Waals surface area (Å²) in [4.78, 5) is 4.16. The summed E-state index contributed by atoms with van der Waals surface area (Å²) in [5.74, 6) is -1.31. The van der Waals surface area contributed by atoms with Crippen molar-refractivity contribution in [3.8, 4) is 0 Å². The first kappa shape index (κ1) is 14.4. The Morgan fingerprint density at radius 3 is 2.68 bits per heavy atom. The zero-order valence-electron chi connectivity index (χ0n) is 11.3. The van der Waals surface area contributed by atoms with Crippen molar-refractivity contribution >= 4 is 0 Å². The molecule has 1 N–H and O–H groups in total. The highest BCUT2D eigenvalue weighted by atomic mass is 19.1. The molecular weight excluding hydrogens is 250 g/mol. The second-order valence-corrected chi connectivity index (χ2v) is 5.27. The highest BCUT2D eigenvalue weighted by Crippen LogP contribution is 2.25. The van der Waals surface area contributed by atoms with Gasteiger partial charge in [-0.15, -0.1) is 0 Å². The second-order valence-electron chi connectivity index (χ2n) is 5.27. The van der Waals surface area contributed by atoms with Crippen LogP contribution < -0.4 is 0 Å². The largest absolute Gasteiger partial charge is 0.387 e. The second kappa shape index (κ2) is 5.94. The van der Waals surface area contributed by atoms with Gasteiger partial charge in [-0.25, -0.2) is 8.78 Å². The Kier molecular flexibility index (Phi) is 4.50. The lowest BCUT2D eigenvalue weighted by molar-refractivity contribution is 0.0547. The third-order valence-corrected chi connectivity index (χ3v) is 3.76. The van der Waals surface area contributed by atoms with E-state index in [1.54, 1.807) is 0 Å². The molecule has 1 aliphatic heterocycles. The van der Waals surface area contributed by atoms with Crippen LogP contribution >= 0.6 is 0 Å². The van der Waals surface area contributed by atoms with E-state index < -0.39 is 17.7 Å². The highest BCUT2D eigenvalue weighted by molar-refractivity contribution is 5.22. The average molecular weight is 270 g/mol. The van der Waals surface area contributed by atoms with Crippen molar-refractivity contribution in [2.24, 2.45) is 0 Å². The van der Waals surface area contributed by atoms with Crippen molar-refractivity contribution in [1.82, 2.24) is 9.80 Å². The number of halogens is 2. The Morgan fingerprint density at radius 1 is 1.26 bits per heavy atom. The lowest BCUT2D eigenvalue weighted by Gasteiger charge is -2.31. The fourth-order valence-corrected chi connectivity index (χ4v) is 2.60. The maximum Gasteiger partial charge on any atom is 0.131 e. The van der Waals surface area contributed by atoms with Crippen LogP contribution in [0.5, 0.6) is 0 Å². The molecule has 1 heterocycles. The summed E-state index contributed by atoms with van der Waals surface area (Å²) >= 11 is 0. The molecule has 5 heteroatoms. The van der Waals surface area contributed by atoms with E-state index in [1.807, 2.05) is 19.0 Å². The van der Waals surface area contributed by atoms with Crippen LogP contribution in [-0.2, 0) is 0 Å². The molecule has 106 valence electrons. The Balaban J connectivity index is 2.23. The van der Waals surface area contributed by atoms with E-state index in [0.717, 1.165) is 25.6 Å². The molecule has 1 saturated heterocycles. The Morgan fingerprint density at radius 2 is 2.00 bits per heavy atom. The number of hydrogen-bond acceptors (Lipinski definition) is 3. The summed E-state index contributed by atoms with van der Waals surface area (Å²) in [7, 11) is 3.91. The van der Waals surface area contributed by atoms with Gasteiger partial charge in [0.2, 0.25) is 0 Å². The number of benzene rings is 1. The first-order valence-electron chi connectivity index (χ1n) is 6.51. The fourth-order valence-electron chi connectivity index (χ4n) is 2.60. The number of likely N-dealkylation sites (N-methyl/N-ethyl adjacent to an activating group) is 2. The van der Waals surface area contributed by atoms with Crippen LogP contribution in [0, 0.1) is 11.6 Å². The number of aliphatic hydroxyl groups excluding tert-OH is 1. The monoisotopic (exact) mass is 270 g/mol. The number of aliphatic hydroxyl groups is 1. The van der Waals surface area contributed by atoms with Crippen molar-refractivity contribution in [3.63, 3.8) is 0 Å². The Labute approximate surface area is 112 Å². The maximum absolute atomic E-state index is 13.7. The molecule has 0 saturated carbocycles. The molecule has 1 fully saturated rings. The zero-order chi connectivity index (χ0) is 14.0. The third kappa shape index (κ3) is 3.29. The van der Waals surface area contributed by atoms with Gasteiger partial charge in [-0.3, -0.25) is 4.90 Å². The fraction of sp³-hybridized carbons (Fsp3) is 0.571. The predicted molar refractivity (Wildman–Crippen MR) is 69.8 cm³/mol. The first-order valence-corrected chi connectivity index (χ1v) is 6.51. The molecular formula is C14H20F2N2O. The standard InChI is InChI=1S/C14H20F2N2O/c1-17-6-3-7-18(2)13(9-17)14(19)11-5-4-10(15)8-12(11)16/h4-5,8,13-14,19H,3,6-7,9H2,1-2H3. The molecule has 19 heavy (non-hydrogen) atoms. The van der Waals surface area contributed by atoms with Crippen LogP contribution in [-0.4, -0.2) is 54.7 Å². The summed E-state index contributed by atoms with van der Waals surface area (Å²) in [6.07, 6.45) is 0.0634. The number of rotatable bonds is 2. The molecule has 2 atom stereocenters. The topological polar surface area (TPSA) is 26.7 Å². The van der Waals surface area contributed by atoms with Crippen LogP contribution in [0.3, 0.4) is 0 Å². The van der Waals surface area contributed by atoms with Gasteiger partial charge >= 0.3 is 0 Å². The molecule has 0 radical (unpaired) electrons. The van der Waals surface area contributed by atoms with Gasteiger partial charge in [0.05, 0.1) is 12.1 Å². The predicted octanol–water partition coefficient (Wildman–Crippen LogP) is 1.63. The molecule has 0 aromatic heterocycles. The number of nitrogens with zero attached hydrogens (tertiary/aromatic N) is 2.